The minimum absolute atomic E-state index is 0.625. The zero-order valence-corrected chi connectivity index (χ0v) is 31.9. The molecule has 0 bridgehead atoms. The monoisotopic (exact) mass is 766 g/mol. The first kappa shape index (κ1) is 33.7. The van der Waals surface area contributed by atoms with Gasteiger partial charge < -0.3 is 0 Å². The highest BCUT2D eigenvalue weighted by Crippen LogP contribution is 2.45. The predicted molar refractivity (Wildman–Crippen MR) is 241 cm³/mol. The van der Waals surface area contributed by atoms with Crippen LogP contribution in [0.15, 0.2) is 183 Å². The van der Waals surface area contributed by atoms with Gasteiger partial charge in [-0.1, -0.05) is 84.9 Å². The van der Waals surface area contributed by atoms with Crippen LogP contribution in [0.25, 0.3) is 121 Å². The molecular weight excluding hydrogens is 737 g/mol. The first-order chi connectivity index (χ1) is 29.7. The fourth-order valence-corrected chi connectivity index (χ4v) is 8.93. The Bertz CT molecular complexity index is 3640. The molecule has 0 saturated heterocycles. The van der Waals surface area contributed by atoms with Gasteiger partial charge in [-0.25, -0.2) is 29.9 Å². The molecule has 12 aromatic rings. The Labute approximate surface area is 343 Å². The molecule has 8 aromatic carbocycles. The summed E-state index contributed by atoms with van der Waals surface area (Å²) in [7, 11) is 0. The van der Waals surface area contributed by atoms with E-state index in [-0.39, 0.29) is 0 Å². The van der Waals surface area contributed by atoms with E-state index in [1.807, 2.05) is 36.7 Å². The molecule has 8 nitrogen and oxygen atoms in total. The molecule has 0 aliphatic heterocycles. The summed E-state index contributed by atoms with van der Waals surface area (Å²) in [6, 6.07) is 52.0. The van der Waals surface area contributed by atoms with Crippen molar-refractivity contribution in [1.82, 2.24) is 39.9 Å². The van der Waals surface area contributed by atoms with Gasteiger partial charge in [0.1, 0.15) is 25.3 Å². The summed E-state index contributed by atoms with van der Waals surface area (Å²) in [5.41, 5.74) is 8.08. The minimum Gasteiger partial charge on any atom is -0.256 e. The van der Waals surface area contributed by atoms with Crippen LogP contribution in [0.3, 0.4) is 0 Å². The normalized spacial score (nSPS) is 11.7. The van der Waals surface area contributed by atoms with E-state index in [1.54, 1.807) is 12.7 Å². The second-order valence-corrected chi connectivity index (χ2v) is 14.9. The van der Waals surface area contributed by atoms with Crippen molar-refractivity contribution < 1.29 is 0 Å². The van der Waals surface area contributed by atoms with Crippen LogP contribution >= 0.6 is 0 Å². The molecule has 0 radical (unpaired) electrons. The topological polar surface area (TPSA) is 103 Å². The molecule has 0 spiro atoms. The van der Waals surface area contributed by atoms with Crippen molar-refractivity contribution in [2.75, 3.05) is 0 Å². The predicted octanol–water partition coefficient (Wildman–Crippen LogP) is 12.1. The van der Waals surface area contributed by atoms with Gasteiger partial charge in [-0.3, -0.25) is 9.97 Å². The Kier molecular flexibility index (Phi) is 7.67. The highest BCUT2D eigenvalue weighted by Gasteiger charge is 2.19. The molecule has 0 atom stereocenters. The number of hydrogen-bond acceptors (Lipinski definition) is 8. The molecule has 0 aliphatic rings. The second kappa shape index (κ2) is 13.6. The number of nitrogens with zero attached hydrogens (tertiary/aromatic N) is 8. The van der Waals surface area contributed by atoms with E-state index in [2.05, 4.69) is 156 Å². The molecule has 60 heavy (non-hydrogen) atoms. The molecule has 0 unspecified atom stereocenters. The van der Waals surface area contributed by atoms with Crippen LogP contribution in [0.5, 0.6) is 0 Å². The lowest BCUT2D eigenvalue weighted by atomic mass is 9.86. The summed E-state index contributed by atoms with van der Waals surface area (Å²) in [5, 5.41) is 13.6. The van der Waals surface area contributed by atoms with Crippen molar-refractivity contribution in [1.29, 1.82) is 0 Å². The average Bonchev–Trinajstić information content (AvgIpc) is 3.33. The summed E-state index contributed by atoms with van der Waals surface area (Å²) in [6.45, 7) is 0. The quantitative estimate of drug-likeness (QED) is 0.160. The smallest absolute Gasteiger partial charge is 0.163 e. The van der Waals surface area contributed by atoms with Crippen LogP contribution in [0.2, 0.25) is 0 Å². The van der Waals surface area contributed by atoms with E-state index < -0.39 is 0 Å². The third-order valence-electron chi connectivity index (χ3n) is 11.6. The lowest BCUT2D eigenvalue weighted by molar-refractivity contribution is 1.06. The van der Waals surface area contributed by atoms with Crippen LogP contribution in [0, 0.1) is 0 Å². The molecule has 12 rings (SSSR count). The van der Waals surface area contributed by atoms with E-state index >= 15 is 0 Å². The van der Waals surface area contributed by atoms with E-state index in [4.69, 9.17) is 4.98 Å². The summed E-state index contributed by atoms with van der Waals surface area (Å²) < 4.78 is 0. The van der Waals surface area contributed by atoms with Crippen molar-refractivity contribution in [2.45, 2.75) is 0 Å². The molecule has 0 amide bonds. The number of rotatable bonds is 5. The molecule has 0 saturated carbocycles. The van der Waals surface area contributed by atoms with Gasteiger partial charge in [-0.2, -0.15) is 0 Å². The van der Waals surface area contributed by atoms with Crippen LogP contribution in [0.4, 0.5) is 0 Å². The van der Waals surface area contributed by atoms with Crippen LogP contribution in [-0.2, 0) is 0 Å². The summed E-state index contributed by atoms with van der Waals surface area (Å²) in [4.78, 5) is 35.9. The minimum atomic E-state index is 0.625. The largest absolute Gasteiger partial charge is 0.256 e. The van der Waals surface area contributed by atoms with Gasteiger partial charge in [0, 0.05) is 34.6 Å². The van der Waals surface area contributed by atoms with Gasteiger partial charge in [-0.05, 0) is 136 Å². The lowest BCUT2D eigenvalue weighted by Crippen LogP contribution is -1.94. The van der Waals surface area contributed by atoms with Crippen molar-refractivity contribution in [3.8, 4) is 56.4 Å². The summed E-state index contributed by atoms with van der Waals surface area (Å²) in [5.74, 6) is 1.25. The van der Waals surface area contributed by atoms with E-state index in [9.17, 15) is 0 Å². The number of pyridine rings is 2. The van der Waals surface area contributed by atoms with Crippen molar-refractivity contribution in [3.63, 3.8) is 0 Å². The molecule has 278 valence electrons. The van der Waals surface area contributed by atoms with Gasteiger partial charge in [-0.15, -0.1) is 0 Å². The summed E-state index contributed by atoms with van der Waals surface area (Å²) in [6.07, 6.45) is 9.89. The fraction of sp³-hybridized carbons (Fsp3) is 0. The zero-order valence-electron chi connectivity index (χ0n) is 31.9. The molecule has 4 aromatic heterocycles. The molecule has 0 N–H and O–H groups in total. The molecule has 0 aliphatic carbocycles. The Balaban J connectivity index is 1.20. The number of benzene rings is 8. The highest BCUT2D eigenvalue weighted by molar-refractivity contribution is 6.28. The van der Waals surface area contributed by atoms with Crippen molar-refractivity contribution >= 4 is 64.6 Å². The Morgan fingerprint density at radius 2 is 0.883 bits per heavy atom. The van der Waals surface area contributed by atoms with Gasteiger partial charge in [0.2, 0.25) is 0 Å². The van der Waals surface area contributed by atoms with Crippen LogP contribution < -0.4 is 0 Å². The molecular formula is C52H30N8. The van der Waals surface area contributed by atoms with Crippen LogP contribution in [-0.4, -0.2) is 39.9 Å². The fourth-order valence-electron chi connectivity index (χ4n) is 8.93. The van der Waals surface area contributed by atoms with E-state index in [0.29, 0.717) is 11.6 Å². The van der Waals surface area contributed by atoms with E-state index in [0.717, 1.165) is 98.6 Å². The maximum atomic E-state index is 4.83. The van der Waals surface area contributed by atoms with Crippen LogP contribution in [0.1, 0.15) is 0 Å². The Hall–Kier alpha value is -8.36. The summed E-state index contributed by atoms with van der Waals surface area (Å²) >= 11 is 0. The van der Waals surface area contributed by atoms with Gasteiger partial charge in [0.15, 0.2) is 11.6 Å². The Morgan fingerprint density at radius 3 is 1.65 bits per heavy atom. The van der Waals surface area contributed by atoms with Gasteiger partial charge >= 0.3 is 0 Å². The van der Waals surface area contributed by atoms with E-state index in [1.165, 1.54) is 23.4 Å². The maximum absolute atomic E-state index is 4.83. The van der Waals surface area contributed by atoms with Gasteiger partial charge in [0.05, 0.1) is 11.4 Å². The molecule has 8 heteroatoms. The average molecular weight is 767 g/mol. The Morgan fingerprint density at radius 1 is 0.283 bits per heavy atom. The number of aromatic nitrogens is 8. The van der Waals surface area contributed by atoms with Gasteiger partial charge in [0.25, 0.3) is 0 Å². The third-order valence-corrected chi connectivity index (χ3v) is 11.6. The molecule has 4 heterocycles. The first-order valence-corrected chi connectivity index (χ1v) is 19.7. The first-order valence-electron chi connectivity index (χ1n) is 19.7. The van der Waals surface area contributed by atoms with Crippen molar-refractivity contribution in [2.24, 2.45) is 0 Å². The zero-order chi connectivity index (χ0) is 39.6. The second-order valence-electron chi connectivity index (χ2n) is 14.9. The number of hydrogen-bond donors (Lipinski definition) is 0. The third kappa shape index (κ3) is 5.46. The standard InChI is InChI=1S/C52H30N8/c1-2-8-41-39(7-1)46(52-59-29-54-30-60-52)26-45-42(25-36-22-35(15-17-38(36)50(41)45)51-57-27-53-28-58-51)32-13-18-40-43(48-10-4-6-20-56-48)24-34-12-11-31-21-33(47-9-3-5-19-55-47)14-16-37(31)49(34)44(40)23-32/h1-30H. The SMILES string of the molecule is c1ccc(-c2ccc3c(ccc4cc(-c5ccccn5)c5ccc(-c6cc7cc(-c8ncncn8)ccc7c7c6cc(-c6ncncn6)c6ccccc67)cc5c43)c2)nc1. The molecule has 0 fully saturated rings. The van der Waals surface area contributed by atoms with Crippen molar-refractivity contribution in [3.05, 3.63) is 183 Å². The highest BCUT2D eigenvalue weighted by atomic mass is 15.0. The number of fused-ring (bicyclic) bond motifs is 10. The maximum Gasteiger partial charge on any atom is 0.163 e. The lowest BCUT2D eigenvalue weighted by Gasteiger charge is -2.18.